The predicted octanol–water partition coefficient (Wildman–Crippen LogP) is 4.87. The van der Waals surface area contributed by atoms with Crippen LogP contribution in [0.5, 0.6) is 11.5 Å². The summed E-state index contributed by atoms with van der Waals surface area (Å²) in [6, 6.07) is 3.21. The first-order valence-electron chi connectivity index (χ1n) is 9.92. The Morgan fingerprint density at radius 1 is 1.29 bits per heavy atom. The molecule has 186 valence electrons. The molecule has 1 amide bonds. The number of alkyl halides is 3. The van der Waals surface area contributed by atoms with E-state index in [4.69, 9.17) is 11.2 Å². The van der Waals surface area contributed by atoms with Crippen LogP contribution in [-0.4, -0.2) is 55.2 Å². The molecule has 0 aliphatic carbocycles. The van der Waals surface area contributed by atoms with Crippen LogP contribution >= 0.6 is 11.3 Å². The highest BCUT2D eigenvalue weighted by Gasteiger charge is 2.32. The second kappa shape index (κ2) is 13.5. The predicted molar refractivity (Wildman–Crippen MR) is 121 cm³/mol. The highest BCUT2D eigenvalue weighted by atomic mass is 32.1. The van der Waals surface area contributed by atoms with E-state index in [0.29, 0.717) is 18.5 Å². The van der Waals surface area contributed by atoms with Gasteiger partial charge in [-0.1, -0.05) is 4.48 Å². The molecule has 2 rings (SSSR count). The topological polar surface area (TPSA) is 72.0 Å². The third kappa shape index (κ3) is 9.76. The van der Waals surface area contributed by atoms with Crippen LogP contribution in [0.4, 0.5) is 23.3 Å². The highest BCUT2D eigenvalue weighted by Crippen LogP contribution is 2.32. The molecule has 0 spiro atoms. The molecule has 12 heteroatoms. The number of nitrogens with zero attached hydrogens (tertiary/aromatic N) is 3. The molecule has 0 saturated carbocycles. The summed E-state index contributed by atoms with van der Waals surface area (Å²) in [7, 11) is 3.25. The van der Waals surface area contributed by atoms with Gasteiger partial charge in [0, 0.05) is 36.0 Å². The van der Waals surface area contributed by atoms with Crippen molar-refractivity contribution in [2.24, 2.45) is 0 Å². The summed E-state index contributed by atoms with van der Waals surface area (Å²) in [6.07, 6.45) is 2.78. The standard InChI is InChI=1S/C14H8F4N2O3S.C8H17NO/c1-3-12-19-11(7-24-12)13(21)20(18)8-4-9(22-2)6-10(5-8)23-14(15,16)17;1-8(2)9(3)6-4-5-7-10/h1,4-7H,2H3;7-8H,4-6H2,1-3H3. The number of halogens is 4. The average Bonchev–Trinajstić information content (AvgIpc) is 3.26. The maximum absolute atomic E-state index is 14.3. The second-order valence-corrected chi connectivity index (χ2v) is 7.92. The van der Waals surface area contributed by atoms with E-state index in [1.807, 2.05) is 0 Å². The summed E-state index contributed by atoms with van der Waals surface area (Å²) >= 11 is 0.950. The number of unbranched alkanes of at least 4 members (excludes halogenated alkanes) is 1. The fraction of sp³-hybridized carbons (Fsp3) is 0.409. The number of benzene rings is 1. The summed E-state index contributed by atoms with van der Waals surface area (Å²) in [5.41, 5.74) is -0.801. The number of hydrogen-bond acceptors (Lipinski definition) is 7. The lowest BCUT2D eigenvalue weighted by atomic mass is 10.2. The number of rotatable bonds is 9. The van der Waals surface area contributed by atoms with Gasteiger partial charge in [0.25, 0.3) is 0 Å². The van der Waals surface area contributed by atoms with Crippen molar-refractivity contribution in [2.75, 3.05) is 25.8 Å². The molecule has 0 aliphatic rings. The van der Waals surface area contributed by atoms with Gasteiger partial charge in [-0.05, 0) is 39.8 Å². The number of hydrogen-bond donors (Lipinski definition) is 0. The lowest BCUT2D eigenvalue weighted by Crippen LogP contribution is -2.27. The van der Waals surface area contributed by atoms with E-state index in [-0.39, 0.29) is 21.6 Å². The van der Waals surface area contributed by atoms with Gasteiger partial charge >= 0.3 is 12.3 Å². The van der Waals surface area contributed by atoms with Gasteiger partial charge in [0.05, 0.1) is 12.8 Å². The highest BCUT2D eigenvalue weighted by molar-refractivity contribution is 7.10. The number of carbonyl (C=O) groups is 2. The van der Waals surface area contributed by atoms with Gasteiger partial charge in [-0.2, -0.15) is 0 Å². The third-order valence-corrected chi connectivity index (χ3v) is 5.07. The first-order chi connectivity index (χ1) is 15.9. The number of terminal acetylenes is 1. The fourth-order valence-electron chi connectivity index (χ4n) is 2.32. The molecule has 2 aromatic rings. The number of aldehydes is 1. The zero-order valence-electron chi connectivity index (χ0n) is 19.1. The maximum atomic E-state index is 14.3. The molecule has 1 aromatic heterocycles. The van der Waals surface area contributed by atoms with Crippen molar-refractivity contribution in [3.63, 3.8) is 0 Å². The molecule has 34 heavy (non-hydrogen) atoms. The van der Waals surface area contributed by atoms with Crippen molar-refractivity contribution in [1.29, 1.82) is 0 Å². The molecule has 0 saturated heterocycles. The quantitative estimate of drug-likeness (QED) is 0.160. The van der Waals surface area contributed by atoms with E-state index in [9.17, 15) is 27.2 Å². The van der Waals surface area contributed by atoms with Crippen molar-refractivity contribution >= 4 is 29.2 Å². The van der Waals surface area contributed by atoms with Gasteiger partial charge in [0.2, 0.25) is 0 Å². The number of aromatic nitrogens is 1. The number of methoxy groups -OCH3 is 1. The SMILES string of the molecule is C#Cc1nc(C(=O)N(F)c2cc(OC)cc(OC(F)(F)F)c2)cs1.CC(C)N(C)CCCC=O. The van der Waals surface area contributed by atoms with Crippen molar-refractivity contribution in [3.05, 3.63) is 34.3 Å². The summed E-state index contributed by atoms with van der Waals surface area (Å²) in [5, 5.41) is 1.02. The van der Waals surface area contributed by atoms with Gasteiger partial charge in [-0.3, -0.25) is 4.79 Å². The van der Waals surface area contributed by atoms with Crippen molar-refractivity contribution in [2.45, 2.75) is 39.1 Å². The van der Waals surface area contributed by atoms with Crippen molar-refractivity contribution < 1.29 is 36.7 Å². The third-order valence-electron chi connectivity index (χ3n) is 4.30. The molecule has 0 unspecified atom stereocenters. The van der Waals surface area contributed by atoms with Gasteiger partial charge < -0.3 is 19.2 Å². The van der Waals surface area contributed by atoms with Gasteiger partial charge in [-0.25, -0.2) is 4.98 Å². The van der Waals surface area contributed by atoms with Crippen LogP contribution in [-0.2, 0) is 4.79 Å². The van der Waals surface area contributed by atoms with E-state index in [0.717, 1.165) is 42.7 Å². The van der Waals surface area contributed by atoms with Crippen LogP contribution < -0.4 is 14.6 Å². The smallest absolute Gasteiger partial charge is 0.497 e. The Labute approximate surface area is 199 Å². The van der Waals surface area contributed by atoms with Gasteiger partial charge in [-0.15, -0.1) is 36.1 Å². The molecular formula is C22H25F4N3O4S. The summed E-state index contributed by atoms with van der Waals surface area (Å²) in [4.78, 5) is 27.9. The molecule has 7 nitrogen and oxygen atoms in total. The van der Waals surface area contributed by atoms with Crippen LogP contribution in [0, 0.1) is 12.3 Å². The lowest BCUT2D eigenvalue weighted by molar-refractivity contribution is -0.274. The molecule has 0 radical (unpaired) electrons. The van der Waals surface area contributed by atoms with Crippen molar-refractivity contribution in [1.82, 2.24) is 9.88 Å². The van der Waals surface area contributed by atoms with E-state index in [1.54, 1.807) is 0 Å². The van der Waals surface area contributed by atoms with Crippen LogP contribution in [0.3, 0.4) is 0 Å². The Morgan fingerprint density at radius 3 is 2.44 bits per heavy atom. The Morgan fingerprint density at radius 2 is 1.94 bits per heavy atom. The minimum atomic E-state index is -4.98. The van der Waals surface area contributed by atoms with E-state index in [1.165, 1.54) is 12.5 Å². The Balaban J connectivity index is 0.000000489. The first-order valence-corrected chi connectivity index (χ1v) is 10.8. The van der Waals surface area contributed by atoms with E-state index >= 15 is 0 Å². The second-order valence-electron chi connectivity index (χ2n) is 7.07. The summed E-state index contributed by atoms with van der Waals surface area (Å²) in [5.74, 6) is 0.113. The zero-order valence-corrected chi connectivity index (χ0v) is 19.9. The Hall–Kier alpha value is -3.17. The van der Waals surface area contributed by atoms with Gasteiger partial charge in [0.15, 0.2) is 5.01 Å². The number of amides is 1. The monoisotopic (exact) mass is 503 g/mol. The number of thiazole rings is 1. The summed E-state index contributed by atoms with van der Waals surface area (Å²) < 4.78 is 59.7. The number of ether oxygens (including phenoxy) is 2. The lowest BCUT2D eigenvalue weighted by Gasteiger charge is -2.19. The molecular weight excluding hydrogens is 478 g/mol. The summed E-state index contributed by atoms with van der Waals surface area (Å²) in [6.45, 7) is 5.33. The first kappa shape index (κ1) is 28.9. The Bertz CT molecular complexity index is 989. The molecule has 1 aromatic carbocycles. The van der Waals surface area contributed by atoms with Crippen LogP contribution in [0.1, 0.15) is 42.2 Å². The molecule has 0 atom stereocenters. The minimum Gasteiger partial charge on any atom is -0.497 e. The largest absolute Gasteiger partial charge is 0.573 e. The van der Waals surface area contributed by atoms with Gasteiger partial charge in [0.1, 0.15) is 23.5 Å². The molecule has 0 aliphatic heterocycles. The normalized spacial score (nSPS) is 10.9. The molecule has 1 heterocycles. The maximum Gasteiger partial charge on any atom is 0.573 e. The van der Waals surface area contributed by atoms with Crippen LogP contribution in [0.2, 0.25) is 0 Å². The molecule has 0 bridgehead atoms. The Kier molecular flexibility index (Phi) is 11.5. The molecule has 0 N–H and O–H groups in total. The average molecular weight is 504 g/mol. The van der Waals surface area contributed by atoms with Crippen LogP contribution in [0.25, 0.3) is 0 Å². The zero-order chi connectivity index (χ0) is 25.9. The van der Waals surface area contributed by atoms with E-state index < -0.39 is 23.7 Å². The number of carbonyl (C=O) groups excluding carboxylic acids is 2. The van der Waals surface area contributed by atoms with Crippen LogP contribution in [0.15, 0.2) is 23.6 Å². The van der Waals surface area contributed by atoms with E-state index in [2.05, 4.69) is 41.4 Å². The fourth-order valence-corrected chi connectivity index (χ4v) is 2.91. The van der Waals surface area contributed by atoms with Crippen molar-refractivity contribution in [3.8, 4) is 23.8 Å². The minimum absolute atomic E-state index is 0.134. The number of anilines is 1. The molecule has 0 fully saturated rings.